The van der Waals surface area contributed by atoms with Gasteiger partial charge in [-0.15, -0.1) is 6.42 Å². The fourth-order valence-electron chi connectivity index (χ4n) is 1.95. The van der Waals surface area contributed by atoms with Crippen molar-refractivity contribution in [3.05, 3.63) is 41.3 Å². The molecule has 0 aliphatic rings. The van der Waals surface area contributed by atoms with Crippen LogP contribution in [-0.4, -0.2) is 37.5 Å². The van der Waals surface area contributed by atoms with Crippen molar-refractivity contribution in [1.82, 2.24) is 14.9 Å². The Morgan fingerprint density at radius 3 is 2.75 bits per heavy atom. The summed E-state index contributed by atoms with van der Waals surface area (Å²) < 4.78 is 28.2. The van der Waals surface area contributed by atoms with Gasteiger partial charge in [0.1, 0.15) is 11.7 Å². The summed E-state index contributed by atoms with van der Waals surface area (Å²) in [5.74, 6) is 1.94. The van der Waals surface area contributed by atoms with Gasteiger partial charge < -0.3 is 9.88 Å². The predicted octanol–water partition coefficient (Wildman–Crippen LogP) is 0.996. The Labute approximate surface area is 145 Å². The number of halogens is 1. The number of anilines is 1. The molecule has 126 valence electrons. The lowest BCUT2D eigenvalue weighted by Crippen LogP contribution is -2.40. The van der Waals surface area contributed by atoms with Crippen LogP contribution in [0.25, 0.3) is 0 Å². The number of nitrogens with zero attached hydrogens (tertiary/aromatic N) is 3. The van der Waals surface area contributed by atoms with Gasteiger partial charge in [-0.3, -0.25) is 9.10 Å². The molecule has 1 heterocycles. The molecule has 1 amide bonds. The smallest absolute Gasteiger partial charge is 0.285 e. The first kappa shape index (κ1) is 17.8. The molecule has 0 spiro atoms. The quantitative estimate of drug-likeness (QED) is 0.800. The minimum absolute atomic E-state index is 0.0509. The summed E-state index contributed by atoms with van der Waals surface area (Å²) >= 11 is 6.02. The van der Waals surface area contributed by atoms with Crippen LogP contribution < -0.4 is 9.62 Å². The van der Waals surface area contributed by atoms with E-state index < -0.39 is 22.5 Å². The highest BCUT2D eigenvalue weighted by atomic mass is 35.5. The molecular weight excluding hydrogens is 352 g/mol. The van der Waals surface area contributed by atoms with Gasteiger partial charge in [-0.2, -0.15) is 8.42 Å². The third kappa shape index (κ3) is 3.37. The number of aromatic nitrogens is 2. The molecule has 0 atom stereocenters. The maximum Gasteiger partial charge on any atom is 0.285 e. The maximum absolute atomic E-state index is 13.0. The van der Waals surface area contributed by atoms with Gasteiger partial charge in [0.05, 0.1) is 12.0 Å². The van der Waals surface area contributed by atoms with Crippen LogP contribution in [0.5, 0.6) is 0 Å². The Morgan fingerprint density at radius 2 is 2.21 bits per heavy atom. The van der Waals surface area contributed by atoms with Crippen molar-refractivity contribution in [2.75, 3.05) is 17.9 Å². The lowest BCUT2D eigenvalue weighted by atomic mass is 10.2. The van der Waals surface area contributed by atoms with Gasteiger partial charge in [0, 0.05) is 19.7 Å². The molecule has 1 aromatic heterocycles. The molecule has 1 aromatic carbocycles. The second-order valence-electron chi connectivity index (χ2n) is 4.83. The number of amides is 1. The fraction of sp³-hybridized carbons (Fsp3) is 0.200. The number of rotatable bonds is 5. The summed E-state index contributed by atoms with van der Waals surface area (Å²) in [6.07, 6.45) is 6.64. The van der Waals surface area contributed by atoms with Crippen molar-refractivity contribution in [1.29, 1.82) is 0 Å². The van der Waals surface area contributed by atoms with Gasteiger partial charge in [0.25, 0.3) is 10.0 Å². The summed E-state index contributed by atoms with van der Waals surface area (Å²) in [7, 11) is -1.17. The third-order valence-corrected chi connectivity index (χ3v) is 5.50. The van der Waals surface area contributed by atoms with Gasteiger partial charge in [-0.1, -0.05) is 23.6 Å². The highest BCUT2D eigenvalue weighted by molar-refractivity contribution is 7.92. The van der Waals surface area contributed by atoms with Crippen molar-refractivity contribution < 1.29 is 13.2 Å². The van der Waals surface area contributed by atoms with Gasteiger partial charge >= 0.3 is 0 Å². The Balaban J connectivity index is 2.59. The largest absolute Gasteiger partial charge is 0.358 e. The van der Waals surface area contributed by atoms with Crippen molar-refractivity contribution in [3.63, 3.8) is 0 Å². The number of benzene rings is 1. The number of aryl methyl sites for hydroxylation is 1. The molecule has 0 unspecified atom stereocenters. The molecule has 9 heteroatoms. The van der Waals surface area contributed by atoms with Crippen molar-refractivity contribution in [3.8, 4) is 12.3 Å². The first-order chi connectivity index (χ1) is 11.3. The highest BCUT2D eigenvalue weighted by Crippen LogP contribution is 2.27. The molecule has 0 saturated carbocycles. The summed E-state index contributed by atoms with van der Waals surface area (Å²) in [4.78, 5) is 15.6. The van der Waals surface area contributed by atoms with Crippen LogP contribution in [0.2, 0.25) is 5.15 Å². The summed E-state index contributed by atoms with van der Waals surface area (Å²) in [5, 5.41) is 2.01. The van der Waals surface area contributed by atoms with E-state index in [1.807, 2.05) is 0 Å². The number of likely N-dealkylation sites (N-methyl/N-ethyl adjacent to an activating group) is 1. The average Bonchev–Trinajstić information content (AvgIpc) is 2.92. The van der Waals surface area contributed by atoms with Crippen LogP contribution >= 0.6 is 11.6 Å². The summed E-state index contributed by atoms with van der Waals surface area (Å²) in [5.41, 5.74) is 0.729. The van der Waals surface area contributed by atoms with Gasteiger partial charge in [-0.05, 0) is 18.2 Å². The normalized spacial score (nSPS) is 10.9. The fourth-order valence-corrected chi connectivity index (χ4v) is 3.76. The Bertz CT molecular complexity index is 915. The van der Waals surface area contributed by atoms with E-state index in [-0.39, 0.29) is 15.9 Å². The minimum Gasteiger partial charge on any atom is -0.358 e. The minimum atomic E-state index is -4.15. The number of terminal acetylenes is 1. The Kier molecular flexibility index (Phi) is 5.17. The topological polar surface area (TPSA) is 84.3 Å². The van der Waals surface area contributed by atoms with Crippen LogP contribution in [0, 0.1) is 12.3 Å². The van der Waals surface area contributed by atoms with Crippen LogP contribution in [0.3, 0.4) is 0 Å². The predicted molar refractivity (Wildman–Crippen MR) is 91.2 cm³/mol. The Hall–Kier alpha value is -2.50. The van der Waals surface area contributed by atoms with E-state index in [9.17, 15) is 13.2 Å². The first-order valence-electron chi connectivity index (χ1n) is 6.78. The molecular formula is C15H15ClN4O3S. The monoisotopic (exact) mass is 366 g/mol. The van der Waals surface area contributed by atoms with Crippen LogP contribution in [0.4, 0.5) is 5.69 Å². The SMILES string of the molecule is C#Cc1cccc(N(CC(=O)NC)S(=O)(=O)c2ncn(C)c2Cl)c1. The lowest BCUT2D eigenvalue weighted by molar-refractivity contribution is -0.119. The highest BCUT2D eigenvalue weighted by Gasteiger charge is 2.31. The van der Waals surface area contributed by atoms with Crippen LogP contribution in [0.15, 0.2) is 35.6 Å². The molecule has 0 aliphatic heterocycles. The zero-order valence-electron chi connectivity index (χ0n) is 13.0. The average molecular weight is 367 g/mol. The summed E-state index contributed by atoms with van der Waals surface area (Å²) in [6, 6.07) is 6.30. The number of hydrogen-bond acceptors (Lipinski definition) is 4. The summed E-state index contributed by atoms with van der Waals surface area (Å²) in [6.45, 7) is -0.431. The number of nitrogens with one attached hydrogen (secondary N) is 1. The molecule has 2 rings (SSSR count). The zero-order valence-corrected chi connectivity index (χ0v) is 14.6. The molecule has 24 heavy (non-hydrogen) atoms. The maximum atomic E-state index is 13.0. The number of carbonyl (C=O) groups excluding carboxylic acids is 1. The number of imidazole rings is 1. The molecule has 1 N–H and O–H groups in total. The number of carbonyl (C=O) groups is 1. The van der Waals surface area contributed by atoms with E-state index >= 15 is 0 Å². The van der Waals surface area contributed by atoms with E-state index in [0.29, 0.717) is 5.56 Å². The zero-order chi connectivity index (χ0) is 17.9. The molecule has 0 saturated heterocycles. The van der Waals surface area contributed by atoms with Crippen molar-refractivity contribution in [2.24, 2.45) is 7.05 Å². The van der Waals surface area contributed by atoms with E-state index in [0.717, 1.165) is 4.31 Å². The molecule has 0 bridgehead atoms. The Morgan fingerprint density at radius 1 is 1.50 bits per heavy atom. The van der Waals surface area contributed by atoms with Crippen LogP contribution in [-0.2, 0) is 21.9 Å². The van der Waals surface area contributed by atoms with Crippen molar-refractivity contribution >= 4 is 33.2 Å². The van der Waals surface area contributed by atoms with Gasteiger partial charge in [0.15, 0.2) is 0 Å². The molecule has 0 radical (unpaired) electrons. The second-order valence-corrected chi connectivity index (χ2v) is 6.97. The van der Waals surface area contributed by atoms with E-state index in [1.165, 1.54) is 30.1 Å². The van der Waals surface area contributed by atoms with Crippen LogP contribution in [0.1, 0.15) is 5.56 Å². The third-order valence-electron chi connectivity index (χ3n) is 3.24. The van der Waals surface area contributed by atoms with Gasteiger partial charge in [0.2, 0.25) is 10.9 Å². The second kappa shape index (κ2) is 6.95. The molecule has 0 fully saturated rings. The van der Waals surface area contributed by atoms with E-state index in [2.05, 4.69) is 16.2 Å². The molecule has 2 aromatic rings. The molecule has 0 aliphatic carbocycles. The number of sulfonamides is 1. The molecule has 7 nitrogen and oxygen atoms in total. The van der Waals surface area contributed by atoms with E-state index in [4.69, 9.17) is 18.0 Å². The standard InChI is InChI=1S/C15H15ClN4O3S/c1-4-11-6-5-7-12(8-11)20(9-13(21)17-2)24(22,23)15-14(16)19(3)10-18-15/h1,5-8,10H,9H2,2-3H3,(H,17,21). The van der Waals surface area contributed by atoms with Crippen molar-refractivity contribution in [2.45, 2.75) is 5.03 Å². The first-order valence-corrected chi connectivity index (χ1v) is 8.60. The van der Waals surface area contributed by atoms with Gasteiger partial charge in [-0.25, -0.2) is 4.98 Å². The van der Waals surface area contributed by atoms with E-state index in [1.54, 1.807) is 19.2 Å². The lowest BCUT2D eigenvalue weighted by Gasteiger charge is -2.23. The number of hydrogen-bond donors (Lipinski definition) is 1.